The Morgan fingerprint density at radius 1 is 1.29 bits per heavy atom. The van der Waals surface area contributed by atoms with Crippen LogP contribution < -0.4 is 10.2 Å². The number of rotatable bonds is 3. The van der Waals surface area contributed by atoms with Gasteiger partial charge in [0.15, 0.2) is 0 Å². The number of nitrogens with zero attached hydrogens (tertiary/aromatic N) is 1. The first-order chi connectivity index (χ1) is 11.4. The zero-order chi connectivity index (χ0) is 17.3. The largest absolute Gasteiger partial charge is 0.326 e. The van der Waals surface area contributed by atoms with E-state index in [1.807, 2.05) is 25.1 Å². The molecule has 0 radical (unpaired) electrons. The van der Waals surface area contributed by atoms with Crippen LogP contribution in [0.1, 0.15) is 12.0 Å². The highest BCUT2D eigenvalue weighted by Gasteiger charge is 2.35. The molecule has 1 atom stereocenters. The summed E-state index contributed by atoms with van der Waals surface area (Å²) < 4.78 is 14.1. The highest BCUT2D eigenvalue weighted by molar-refractivity contribution is 9.10. The second-order valence-electron chi connectivity index (χ2n) is 5.84. The Bertz CT molecular complexity index is 809. The molecular weight excluding hydrogens is 375 g/mol. The van der Waals surface area contributed by atoms with E-state index in [0.717, 1.165) is 15.7 Å². The minimum Gasteiger partial charge on any atom is -0.326 e. The van der Waals surface area contributed by atoms with Crippen molar-refractivity contribution in [3.05, 3.63) is 58.3 Å². The van der Waals surface area contributed by atoms with Crippen molar-refractivity contribution in [3.63, 3.8) is 0 Å². The summed E-state index contributed by atoms with van der Waals surface area (Å²) in [5.74, 6) is -1.24. The molecule has 2 amide bonds. The maximum Gasteiger partial charge on any atom is 0.229 e. The maximum absolute atomic E-state index is 13.2. The van der Waals surface area contributed by atoms with Crippen LogP contribution in [0.5, 0.6) is 0 Å². The Labute approximate surface area is 147 Å². The van der Waals surface area contributed by atoms with Crippen molar-refractivity contribution in [1.82, 2.24) is 0 Å². The zero-order valence-corrected chi connectivity index (χ0v) is 14.6. The van der Waals surface area contributed by atoms with Crippen LogP contribution in [-0.4, -0.2) is 18.4 Å². The summed E-state index contributed by atoms with van der Waals surface area (Å²) in [6.07, 6.45) is 0.145. The number of hydrogen-bond donors (Lipinski definition) is 1. The van der Waals surface area contributed by atoms with Crippen molar-refractivity contribution in [1.29, 1.82) is 0 Å². The minimum atomic E-state index is -0.458. The van der Waals surface area contributed by atoms with Gasteiger partial charge in [-0.1, -0.05) is 28.1 Å². The monoisotopic (exact) mass is 390 g/mol. The average molecular weight is 391 g/mol. The summed E-state index contributed by atoms with van der Waals surface area (Å²) in [4.78, 5) is 26.2. The van der Waals surface area contributed by atoms with Gasteiger partial charge in [0.1, 0.15) is 5.82 Å². The van der Waals surface area contributed by atoms with Gasteiger partial charge in [0.25, 0.3) is 0 Å². The number of benzene rings is 2. The lowest BCUT2D eigenvalue weighted by Gasteiger charge is -2.17. The van der Waals surface area contributed by atoms with Crippen LogP contribution in [0.2, 0.25) is 0 Å². The van der Waals surface area contributed by atoms with Crippen LogP contribution in [-0.2, 0) is 9.59 Å². The molecule has 0 spiro atoms. The molecule has 0 saturated carbocycles. The molecule has 2 aromatic carbocycles. The molecule has 2 aromatic rings. The standard InChI is InChI=1S/C18H16BrFN2O2/c1-11-5-6-15(9-16(11)19)22-10-12(7-17(22)23)18(24)21-14-4-2-3-13(20)8-14/h2-6,8-9,12H,7,10H2,1H3,(H,21,24). The molecule has 124 valence electrons. The highest BCUT2D eigenvalue weighted by Crippen LogP contribution is 2.29. The van der Waals surface area contributed by atoms with Gasteiger partial charge in [0, 0.05) is 28.8 Å². The molecule has 1 saturated heterocycles. The number of amides is 2. The molecule has 1 unspecified atom stereocenters. The van der Waals surface area contributed by atoms with Crippen LogP contribution in [0.4, 0.5) is 15.8 Å². The molecule has 0 aliphatic carbocycles. The Balaban J connectivity index is 1.72. The molecular formula is C18H16BrFN2O2. The van der Waals surface area contributed by atoms with Crippen molar-refractivity contribution in [2.24, 2.45) is 5.92 Å². The third-order valence-electron chi connectivity index (χ3n) is 4.06. The lowest BCUT2D eigenvalue weighted by atomic mass is 10.1. The van der Waals surface area contributed by atoms with E-state index in [1.165, 1.54) is 18.2 Å². The van der Waals surface area contributed by atoms with Crippen LogP contribution >= 0.6 is 15.9 Å². The third-order valence-corrected chi connectivity index (χ3v) is 4.91. The molecule has 1 heterocycles. The van der Waals surface area contributed by atoms with Crippen LogP contribution in [0.3, 0.4) is 0 Å². The Hall–Kier alpha value is -2.21. The SMILES string of the molecule is Cc1ccc(N2CC(C(=O)Nc3cccc(F)c3)CC2=O)cc1Br. The van der Waals surface area contributed by atoms with Crippen LogP contribution in [0, 0.1) is 18.7 Å². The average Bonchev–Trinajstić information content (AvgIpc) is 2.92. The van der Waals surface area contributed by atoms with Gasteiger partial charge in [-0.15, -0.1) is 0 Å². The number of carbonyl (C=O) groups excluding carboxylic acids is 2. The Kier molecular flexibility index (Phi) is 4.66. The van der Waals surface area contributed by atoms with Crippen molar-refractivity contribution in [3.8, 4) is 0 Å². The first-order valence-corrected chi connectivity index (χ1v) is 8.36. The molecule has 0 aromatic heterocycles. The second-order valence-corrected chi connectivity index (χ2v) is 6.69. The van der Waals surface area contributed by atoms with Gasteiger partial charge in [-0.3, -0.25) is 9.59 Å². The number of halogens is 2. The lowest BCUT2D eigenvalue weighted by molar-refractivity contribution is -0.122. The van der Waals surface area contributed by atoms with Gasteiger partial charge in [-0.05, 0) is 42.8 Å². The molecule has 6 heteroatoms. The third kappa shape index (κ3) is 3.48. The summed E-state index contributed by atoms with van der Waals surface area (Å²) in [5, 5.41) is 2.67. The number of aryl methyl sites for hydroxylation is 1. The first kappa shape index (κ1) is 16.6. The van der Waals surface area contributed by atoms with Crippen LogP contribution in [0.15, 0.2) is 46.9 Å². The molecule has 3 rings (SSSR count). The topological polar surface area (TPSA) is 49.4 Å². The molecule has 24 heavy (non-hydrogen) atoms. The van der Waals surface area contributed by atoms with E-state index in [2.05, 4.69) is 21.2 Å². The summed E-state index contributed by atoms with van der Waals surface area (Å²) >= 11 is 3.46. The molecule has 1 N–H and O–H groups in total. The summed E-state index contributed by atoms with van der Waals surface area (Å²) in [5.41, 5.74) is 2.23. The second kappa shape index (κ2) is 6.73. The Morgan fingerprint density at radius 2 is 2.08 bits per heavy atom. The van der Waals surface area contributed by atoms with E-state index >= 15 is 0 Å². The van der Waals surface area contributed by atoms with Gasteiger partial charge in [0.2, 0.25) is 11.8 Å². The van der Waals surface area contributed by atoms with Crippen molar-refractivity contribution < 1.29 is 14.0 Å². The molecule has 1 aliphatic rings. The highest BCUT2D eigenvalue weighted by atomic mass is 79.9. The van der Waals surface area contributed by atoms with Crippen molar-refractivity contribution in [2.45, 2.75) is 13.3 Å². The number of nitrogens with one attached hydrogen (secondary N) is 1. The number of anilines is 2. The van der Waals surface area contributed by atoms with E-state index in [-0.39, 0.29) is 18.2 Å². The zero-order valence-electron chi connectivity index (χ0n) is 13.1. The molecule has 0 bridgehead atoms. The van der Waals surface area contributed by atoms with E-state index in [4.69, 9.17) is 0 Å². The van der Waals surface area contributed by atoms with Crippen molar-refractivity contribution in [2.75, 3.05) is 16.8 Å². The molecule has 4 nitrogen and oxygen atoms in total. The van der Waals surface area contributed by atoms with Gasteiger partial charge < -0.3 is 10.2 Å². The van der Waals surface area contributed by atoms with Crippen molar-refractivity contribution >= 4 is 39.1 Å². The molecule has 1 aliphatic heterocycles. The van der Waals surface area contributed by atoms with Gasteiger partial charge in [-0.25, -0.2) is 4.39 Å². The van der Waals surface area contributed by atoms with Gasteiger partial charge in [-0.2, -0.15) is 0 Å². The normalized spacial score (nSPS) is 17.2. The quantitative estimate of drug-likeness (QED) is 0.863. The fourth-order valence-electron chi connectivity index (χ4n) is 2.69. The molecule has 1 fully saturated rings. The number of carbonyl (C=O) groups is 2. The predicted octanol–water partition coefficient (Wildman–Crippen LogP) is 3.89. The Morgan fingerprint density at radius 3 is 2.79 bits per heavy atom. The summed E-state index contributed by atoms with van der Waals surface area (Å²) in [6, 6.07) is 11.4. The summed E-state index contributed by atoms with van der Waals surface area (Å²) in [6.45, 7) is 2.28. The lowest BCUT2D eigenvalue weighted by Crippen LogP contribution is -2.28. The smallest absolute Gasteiger partial charge is 0.229 e. The van der Waals surface area contributed by atoms with Crippen LogP contribution in [0.25, 0.3) is 0 Å². The predicted molar refractivity (Wildman–Crippen MR) is 94.4 cm³/mol. The minimum absolute atomic E-state index is 0.0925. The fourth-order valence-corrected chi connectivity index (χ4v) is 3.06. The van der Waals surface area contributed by atoms with Gasteiger partial charge in [0.05, 0.1) is 5.92 Å². The first-order valence-electron chi connectivity index (χ1n) is 7.57. The van der Waals surface area contributed by atoms with Gasteiger partial charge >= 0.3 is 0 Å². The summed E-state index contributed by atoms with van der Waals surface area (Å²) in [7, 11) is 0. The van der Waals surface area contributed by atoms with E-state index in [0.29, 0.717) is 12.2 Å². The van der Waals surface area contributed by atoms with E-state index < -0.39 is 11.7 Å². The maximum atomic E-state index is 13.2. The van der Waals surface area contributed by atoms with E-state index in [9.17, 15) is 14.0 Å². The number of hydrogen-bond acceptors (Lipinski definition) is 2. The fraction of sp³-hybridized carbons (Fsp3) is 0.222. The van der Waals surface area contributed by atoms with E-state index in [1.54, 1.807) is 11.0 Å².